The smallest absolute Gasteiger partial charge is 0.221 e. The topological polar surface area (TPSA) is 56.7 Å². The number of benzene rings is 1. The summed E-state index contributed by atoms with van der Waals surface area (Å²) in [6, 6.07) is 11.2. The Labute approximate surface area is 186 Å². The summed E-state index contributed by atoms with van der Waals surface area (Å²) in [6.07, 6.45) is 8.83. The number of nitrogens with one attached hydrogen (secondary N) is 2. The fourth-order valence-corrected chi connectivity index (χ4v) is 4.29. The average Bonchev–Trinajstić information content (AvgIpc) is 3.20. The van der Waals surface area contributed by atoms with Crippen molar-refractivity contribution in [2.75, 3.05) is 26.7 Å². The van der Waals surface area contributed by atoms with Crippen molar-refractivity contribution in [1.29, 1.82) is 0 Å². The van der Waals surface area contributed by atoms with E-state index < -0.39 is 0 Å². The summed E-state index contributed by atoms with van der Waals surface area (Å²) < 4.78 is 0. The number of aliphatic imine (C=N–C) groups is 1. The van der Waals surface area contributed by atoms with Crippen LogP contribution in [0.4, 0.5) is 0 Å². The standard InChI is InChI=1S/C22H34N4O.HI/c1-23-22(24-14-11-21(27)25-20-9-5-6-10-20)26-15-12-19(13-16-26)17-18-7-3-2-4-8-18;/h2-4,7-8,19-20H,5-6,9-17H2,1H3,(H,23,24)(H,25,27);1H. The predicted octanol–water partition coefficient (Wildman–Crippen LogP) is 3.58. The van der Waals surface area contributed by atoms with Crippen LogP contribution < -0.4 is 10.6 Å². The third-order valence-electron chi connectivity index (χ3n) is 5.85. The molecule has 2 fully saturated rings. The summed E-state index contributed by atoms with van der Waals surface area (Å²) in [7, 11) is 1.83. The minimum atomic E-state index is 0. The molecule has 28 heavy (non-hydrogen) atoms. The number of halogens is 1. The average molecular weight is 498 g/mol. The summed E-state index contributed by atoms with van der Waals surface area (Å²) in [5.74, 6) is 1.84. The van der Waals surface area contributed by atoms with Crippen LogP contribution in [0.3, 0.4) is 0 Å². The molecule has 0 bridgehead atoms. The molecule has 3 rings (SSSR count). The second-order valence-corrected chi connectivity index (χ2v) is 7.89. The van der Waals surface area contributed by atoms with E-state index in [9.17, 15) is 4.79 Å². The highest BCUT2D eigenvalue weighted by Crippen LogP contribution is 2.21. The van der Waals surface area contributed by atoms with Gasteiger partial charge in [-0.3, -0.25) is 9.79 Å². The number of rotatable bonds is 6. The molecule has 1 aliphatic heterocycles. The van der Waals surface area contributed by atoms with E-state index in [-0.39, 0.29) is 29.9 Å². The van der Waals surface area contributed by atoms with Gasteiger partial charge in [0, 0.05) is 39.1 Å². The van der Waals surface area contributed by atoms with Crippen LogP contribution in [0.25, 0.3) is 0 Å². The highest BCUT2D eigenvalue weighted by atomic mass is 127. The largest absolute Gasteiger partial charge is 0.356 e. The van der Waals surface area contributed by atoms with Crippen LogP contribution in [-0.4, -0.2) is 49.5 Å². The van der Waals surface area contributed by atoms with Gasteiger partial charge in [-0.25, -0.2) is 0 Å². The van der Waals surface area contributed by atoms with Gasteiger partial charge in [-0.2, -0.15) is 0 Å². The Kier molecular flexibility index (Phi) is 10.1. The number of amides is 1. The number of carbonyl (C=O) groups excluding carboxylic acids is 1. The fraction of sp³-hybridized carbons (Fsp3) is 0.636. The second-order valence-electron chi connectivity index (χ2n) is 7.89. The number of nitrogens with zero attached hydrogens (tertiary/aromatic N) is 2. The zero-order valence-electron chi connectivity index (χ0n) is 17.0. The van der Waals surface area contributed by atoms with Gasteiger partial charge < -0.3 is 15.5 Å². The lowest BCUT2D eigenvalue weighted by molar-refractivity contribution is -0.121. The zero-order chi connectivity index (χ0) is 18.9. The summed E-state index contributed by atoms with van der Waals surface area (Å²) in [4.78, 5) is 18.8. The summed E-state index contributed by atoms with van der Waals surface area (Å²) in [6.45, 7) is 2.71. The monoisotopic (exact) mass is 498 g/mol. The molecule has 1 heterocycles. The van der Waals surface area contributed by atoms with Crippen molar-refractivity contribution >= 4 is 35.8 Å². The van der Waals surface area contributed by atoms with Crippen molar-refractivity contribution in [3.8, 4) is 0 Å². The molecule has 0 radical (unpaired) electrons. The van der Waals surface area contributed by atoms with Crippen molar-refractivity contribution in [2.45, 2.75) is 57.4 Å². The first-order valence-corrected chi connectivity index (χ1v) is 10.5. The molecular formula is C22H35IN4O. The molecule has 1 aromatic carbocycles. The van der Waals surface area contributed by atoms with Crippen molar-refractivity contribution in [1.82, 2.24) is 15.5 Å². The Balaban J connectivity index is 0.00000280. The molecule has 0 aromatic heterocycles. The highest BCUT2D eigenvalue weighted by molar-refractivity contribution is 14.0. The first-order chi connectivity index (χ1) is 13.2. The number of hydrogen-bond acceptors (Lipinski definition) is 2. The van der Waals surface area contributed by atoms with E-state index in [1.54, 1.807) is 0 Å². The van der Waals surface area contributed by atoms with Gasteiger partial charge in [0.05, 0.1) is 0 Å². The molecular weight excluding hydrogens is 463 g/mol. The van der Waals surface area contributed by atoms with Crippen molar-refractivity contribution in [2.24, 2.45) is 10.9 Å². The normalized spacial score (nSPS) is 18.6. The van der Waals surface area contributed by atoms with Crippen LogP contribution in [0, 0.1) is 5.92 Å². The molecule has 5 nitrogen and oxygen atoms in total. The molecule has 1 aromatic rings. The summed E-state index contributed by atoms with van der Waals surface area (Å²) in [5.41, 5.74) is 1.44. The highest BCUT2D eigenvalue weighted by Gasteiger charge is 2.22. The van der Waals surface area contributed by atoms with Crippen LogP contribution in [0.2, 0.25) is 0 Å². The molecule has 2 N–H and O–H groups in total. The Bertz CT molecular complexity index is 608. The lowest BCUT2D eigenvalue weighted by Gasteiger charge is -2.34. The molecule has 1 aliphatic carbocycles. The van der Waals surface area contributed by atoms with Crippen molar-refractivity contribution in [3.05, 3.63) is 35.9 Å². The SMILES string of the molecule is CN=C(NCCC(=O)NC1CCCC1)N1CCC(Cc2ccccc2)CC1.I. The van der Waals surface area contributed by atoms with Crippen molar-refractivity contribution < 1.29 is 4.79 Å². The van der Waals surface area contributed by atoms with E-state index in [4.69, 9.17) is 0 Å². The van der Waals surface area contributed by atoms with Crippen LogP contribution in [-0.2, 0) is 11.2 Å². The molecule has 1 amide bonds. The maximum absolute atomic E-state index is 12.1. The number of piperidine rings is 1. The second kappa shape index (κ2) is 12.3. The van der Waals surface area contributed by atoms with E-state index >= 15 is 0 Å². The molecule has 0 spiro atoms. The zero-order valence-corrected chi connectivity index (χ0v) is 19.4. The third kappa shape index (κ3) is 7.26. The van der Waals surface area contributed by atoms with Gasteiger partial charge in [0.15, 0.2) is 5.96 Å². The van der Waals surface area contributed by atoms with E-state index in [0.717, 1.165) is 37.8 Å². The van der Waals surface area contributed by atoms with Crippen LogP contribution in [0.1, 0.15) is 50.5 Å². The van der Waals surface area contributed by atoms with Gasteiger partial charge in [-0.05, 0) is 43.6 Å². The minimum Gasteiger partial charge on any atom is -0.356 e. The van der Waals surface area contributed by atoms with E-state index in [0.29, 0.717) is 19.0 Å². The van der Waals surface area contributed by atoms with E-state index in [1.165, 1.54) is 37.7 Å². The Hall–Kier alpha value is -1.31. The Morgan fingerprint density at radius 2 is 1.79 bits per heavy atom. The number of hydrogen-bond donors (Lipinski definition) is 2. The predicted molar refractivity (Wildman–Crippen MR) is 126 cm³/mol. The summed E-state index contributed by atoms with van der Waals surface area (Å²) in [5, 5.41) is 6.52. The number of guanidine groups is 1. The van der Waals surface area contributed by atoms with Crippen LogP contribution in [0.15, 0.2) is 35.3 Å². The first-order valence-electron chi connectivity index (χ1n) is 10.5. The molecule has 0 unspecified atom stereocenters. The van der Waals surface area contributed by atoms with Gasteiger partial charge >= 0.3 is 0 Å². The van der Waals surface area contributed by atoms with Gasteiger partial charge in [-0.1, -0.05) is 43.2 Å². The van der Waals surface area contributed by atoms with Gasteiger partial charge in [0.25, 0.3) is 0 Å². The summed E-state index contributed by atoms with van der Waals surface area (Å²) >= 11 is 0. The van der Waals surface area contributed by atoms with Gasteiger partial charge in [0.2, 0.25) is 5.91 Å². The van der Waals surface area contributed by atoms with E-state index in [1.807, 2.05) is 7.05 Å². The quantitative estimate of drug-likeness (QED) is 0.358. The lowest BCUT2D eigenvalue weighted by atomic mass is 9.90. The van der Waals surface area contributed by atoms with Crippen molar-refractivity contribution in [3.63, 3.8) is 0 Å². The van der Waals surface area contributed by atoms with Crippen LogP contribution in [0.5, 0.6) is 0 Å². The first kappa shape index (κ1) is 23.0. The molecule has 1 saturated heterocycles. The van der Waals surface area contributed by atoms with Crippen LogP contribution >= 0.6 is 24.0 Å². The number of likely N-dealkylation sites (tertiary alicyclic amines) is 1. The maximum Gasteiger partial charge on any atom is 0.221 e. The third-order valence-corrected chi connectivity index (χ3v) is 5.85. The fourth-order valence-electron chi connectivity index (χ4n) is 4.29. The molecule has 1 saturated carbocycles. The molecule has 156 valence electrons. The lowest BCUT2D eigenvalue weighted by Crippen LogP contribution is -2.46. The maximum atomic E-state index is 12.1. The molecule has 2 aliphatic rings. The Morgan fingerprint density at radius 3 is 2.43 bits per heavy atom. The van der Waals surface area contributed by atoms with Gasteiger partial charge in [-0.15, -0.1) is 24.0 Å². The van der Waals surface area contributed by atoms with E-state index in [2.05, 4.69) is 50.9 Å². The van der Waals surface area contributed by atoms with Gasteiger partial charge in [0.1, 0.15) is 0 Å². The Morgan fingerprint density at radius 1 is 1.11 bits per heavy atom. The molecule has 6 heteroatoms. The molecule has 0 atom stereocenters. The minimum absolute atomic E-state index is 0. The number of carbonyl (C=O) groups is 1.